The highest BCUT2D eigenvalue weighted by atomic mass is 16.5. The van der Waals surface area contributed by atoms with Crippen LogP contribution in [0.2, 0.25) is 0 Å². The molecule has 152 valence electrons. The van der Waals surface area contributed by atoms with E-state index in [0.29, 0.717) is 5.92 Å². The number of aromatic nitrogens is 2. The van der Waals surface area contributed by atoms with Gasteiger partial charge in [0.25, 0.3) is 0 Å². The summed E-state index contributed by atoms with van der Waals surface area (Å²) in [5, 5.41) is 16.6. The van der Waals surface area contributed by atoms with Crippen LogP contribution in [0, 0.1) is 19.8 Å². The van der Waals surface area contributed by atoms with Crippen LogP contribution in [0.1, 0.15) is 41.2 Å². The van der Waals surface area contributed by atoms with Gasteiger partial charge in [0, 0.05) is 17.8 Å². The van der Waals surface area contributed by atoms with Crippen molar-refractivity contribution in [3.63, 3.8) is 0 Å². The first kappa shape index (κ1) is 21.3. The number of methoxy groups -OCH3 is 2. The van der Waals surface area contributed by atoms with E-state index in [4.69, 9.17) is 9.47 Å². The highest BCUT2D eigenvalue weighted by Crippen LogP contribution is 2.36. The molecule has 1 aromatic carbocycles. The van der Waals surface area contributed by atoms with Crippen molar-refractivity contribution in [1.82, 2.24) is 9.78 Å². The van der Waals surface area contributed by atoms with Crippen LogP contribution >= 0.6 is 0 Å². The van der Waals surface area contributed by atoms with Crippen molar-refractivity contribution >= 4 is 17.6 Å². The van der Waals surface area contributed by atoms with Gasteiger partial charge in [0.1, 0.15) is 0 Å². The standard InChI is InChI=1S/C20H27N3O5/c1-11(2)10-23-13(4)15(12(3)22-23)9-18(24)21-16-7-14(20(25)26)8-17(27-5)19(16)28-6/h7-8,11H,9-10H2,1-6H3,(H,21,24)(H,25,26). The third-order valence-corrected chi connectivity index (χ3v) is 4.41. The zero-order valence-electron chi connectivity index (χ0n) is 17.1. The highest BCUT2D eigenvalue weighted by Gasteiger charge is 2.20. The molecule has 0 aliphatic rings. The Bertz CT molecular complexity index is 886. The number of amides is 1. The van der Waals surface area contributed by atoms with Crippen molar-refractivity contribution in [3.8, 4) is 11.5 Å². The third-order valence-electron chi connectivity index (χ3n) is 4.41. The zero-order valence-corrected chi connectivity index (χ0v) is 17.1. The average molecular weight is 389 g/mol. The topological polar surface area (TPSA) is 103 Å². The number of anilines is 1. The van der Waals surface area contributed by atoms with E-state index in [1.165, 1.54) is 26.4 Å². The number of carboxylic acids is 1. The second-order valence-electron chi connectivity index (χ2n) is 7.01. The van der Waals surface area contributed by atoms with E-state index in [1.54, 1.807) is 0 Å². The monoisotopic (exact) mass is 389 g/mol. The predicted molar refractivity (Wildman–Crippen MR) is 105 cm³/mol. The van der Waals surface area contributed by atoms with Gasteiger partial charge in [-0.05, 0) is 31.9 Å². The van der Waals surface area contributed by atoms with Crippen LogP contribution < -0.4 is 14.8 Å². The number of carbonyl (C=O) groups excluding carboxylic acids is 1. The summed E-state index contributed by atoms with van der Waals surface area (Å²) in [7, 11) is 2.84. The number of carbonyl (C=O) groups is 2. The van der Waals surface area contributed by atoms with Crippen LogP contribution in [0.25, 0.3) is 0 Å². The molecule has 1 amide bonds. The molecule has 0 aliphatic carbocycles. The minimum atomic E-state index is -1.13. The van der Waals surface area contributed by atoms with E-state index < -0.39 is 5.97 Å². The lowest BCUT2D eigenvalue weighted by Gasteiger charge is -2.15. The summed E-state index contributed by atoms with van der Waals surface area (Å²) in [5.41, 5.74) is 2.85. The molecule has 0 bridgehead atoms. The second kappa shape index (κ2) is 8.77. The molecular weight excluding hydrogens is 362 g/mol. The quantitative estimate of drug-likeness (QED) is 0.719. The van der Waals surface area contributed by atoms with Gasteiger partial charge in [-0.25, -0.2) is 4.79 Å². The van der Waals surface area contributed by atoms with E-state index in [9.17, 15) is 14.7 Å². The fourth-order valence-electron chi connectivity index (χ4n) is 3.05. The summed E-state index contributed by atoms with van der Waals surface area (Å²) < 4.78 is 12.4. The maximum atomic E-state index is 12.7. The molecule has 1 heterocycles. The lowest BCUT2D eigenvalue weighted by Crippen LogP contribution is -2.17. The van der Waals surface area contributed by atoms with Crippen molar-refractivity contribution in [1.29, 1.82) is 0 Å². The van der Waals surface area contributed by atoms with Gasteiger partial charge in [-0.1, -0.05) is 13.8 Å². The van der Waals surface area contributed by atoms with Crippen LogP contribution in [0.4, 0.5) is 5.69 Å². The van der Waals surface area contributed by atoms with Crippen LogP contribution in [0.15, 0.2) is 12.1 Å². The smallest absolute Gasteiger partial charge is 0.335 e. The van der Waals surface area contributed by atoms with Gasteiger partial charge in [-0.3, -0.25) is 9.48 Å². The Labute approximate surface area is 164 Å². The molecular formula is C20H27N3O5. The van der Waals surface area contributed by atoms with E-state index >= 15 is 0 Å². The lowest BCUT2D eigenvalue weighted by atomic mass is 10.1. The number of hydrogen-bond acceptors (Lipinski definition) is 5. The molecule has 0 unspecified atom stereocenters. The maximum absolute atomic E-state index is 12.7. The molecule has 1 aromatic heterocycles. The van der Waals surface area contributed by atoms with Gasteiger partial charge in [-0.2, -0.15) is 5.10 Å². The van der Waals surface area contributed by atoms with Crippen molar-refractivity contribution < 1.29 is 24.2 Å². The summed E-state index contributed by atoms with van der Waals surface area (Å²) in [6.07, 6.45) is 0.124. The van der Waals surface area contributed by atoms with Crippen molar-refractivity contribution in [2.24, 2.45) is 5.92 Å². The van der Waals surface area contributed by atoms with Crippen molar-refractivity contribution in [3.05, 3.63) is 34.6 Å². The normalized spacial score (nSPS) is 10.8. The summed E-state index contributed by atoms with van der Waals surface area (Å²) in [5.74, 6) is -0.480. The fourth-order valence-corrected chi connectivity index (χ4v) is 3.05. The van der Waals surface area contributed by atoms with Gasteiger partial charge in [0.2, 0.25) is 5.91 Å². The molecule has 0 spiro atoms. The highest BCUT2D eigenvalue weighted by molar-refractivity contribution is 5.97. The molecule has 0 saturated heterocycles. The Morgan fingerprint density at radius 3 is 2.43 bits per heavy atom. The number of ether oxygens (including phenoxy) is 2. The van der Waals surface area contributed by atoms with E-state index in [-0.39, 0.29) is 35.1 Å². The third kappa shape index (κ3) is 4.62. The first-order valence-electron chi connectivity index (χ1n) is 8.99. The number of nitrogens with zero attached hydrogens (tertiary/aromatic N) is 2. The van der Waals surface area contributed by atoms with E-state index in [0.717, 1.165) is 23.5 Å². The number of rotatable bonds is 8. The Kier molecular flexibility index (Phi) is 6.66. The Hall–Kier alpha value is -3.03. The molecule has 0 atom stereocenters. The minimum absolute atomic E-state index is 0.00920. The average Bonchev–Trinajstić information content (AvgIpc) is 2.87. The maximum Gasteiger partial charge on any atom is 0.335 e. The molecule has 0 radical (unpaired) electrons. The SMILES string of the molecule is COc1cc(C(=O)O)cc(NC(=O)Cc2c(C)nn(CC(C)C)c2C)c1OC. The lowest BCUT2D eigenvalue weighted by molar-refractivity contribution is -0.115. The van der Waals surface area contributed by atoms with E-state index in [2.05, 4.69) is 24.3 Å². The van der Waals surface area contributed by atoms with Gasteiger partial charge in [-0.15, -0.1) is 0 Å². The first-order chi connectivity index (χ1) is 13.2. The van der Waals surface area contributed by atoms with Gasteiger partial charge in [0.15, 0.2) is 11.5 Å². The summed E-state index contributed by atoms with van der Waals surface area (Å²) in [6.45, 7) is 8.82. The number of aryl methyl sites for hydroxylation is 1. The van der Waals surface area contributed by atoms with Crippen LogP contribution in [-0.4, -0.2) is 41.0 Å². The number of carboxylic acid groups (broad SMARTS) is 1. The molecule has 8 nitrogen and oxygen atoms in total. The molecule has 0 aliphatic heterocycles. The molecule has 28 heavy (non-hydrogen) atoms. The zero-order chi connectivity index (χ0) is 21.0. The summed E-state index contributed by atoms with van der Waals surface area (Å²) in [6, 6.07) is 2.70. The van der Waals surface area contributed by atoms with Crippen molar-refractivity contribution in [2.45, 2.75) is 40.7 Å². The number of hydrogen-bond donors (Lipinski definition) is 2. The largest absolute Gasteiger partial charge is 0.493 e. The minimum Gasteiger partial charge on any atom is -0.493 e. The van der Waals surface area contributed by atoms with Crippen molar-refractivity contribution in [2.75, 3.05) is 19.5 Å². The Morgan fingerprint density at radius 2 is 1.89 bits per heavy atom. The fraction of sp³-hybridized carbons (Fsp3) is 0.450. The number of benzene rings is 1. The predicted octanol–water partition coefficient (Wildman–Crippen LogP) is 3.05. The molecule has 0 saturated carbocycles. The van der Waals surface area contributed by atoms with Gasteiger partial charge < -0.3 is 19.9 Å². The molecule has 8 heteroatoms. The number of aromatic carboxylic acids is 1. The van der Waals surface area contributed by atoms with Crippen LogP contribution in [0.5, 0.6) is 11.5 Å². The Balaban J connectivity index is 2.30. The van der Waals surface area contributed by atoms with Gasteiger partial charge >= 0.3 is 5.97 Å². The molecule has 0 fully saturated rings. The molecule has 2 N–H and O–H groups in total. The van der Waals surface area contributed by atoms with Gasteiger partial charge in [0.05, 0.1) is 37.6 Å². The summed E-state index contributed by atoms with van der Waals surface area (Å²) >= 11 is 0. The molecule has 2 rings (SSSR count). The second-order valence-corrected chi connectivity index (χ2v) is 7.01. The molecule has 2 aromatic rings. The van der Waals surface area contributed by atoms with Crippen LogP contribution in [0.3, 0.4) is 0 Å². The summed E-state index contributed by atoms with van der Waals surface area (Å²) in [4.78, 5) is 24.0. The van der Waals surface area contributed by atoms with E-state index in [1.807, 2.05) is 18.5 Å². The van der Waals surface area contributed by atoms with Crippen LogP contribution in [-0.2, 0) is 17.8 Å². The first-order valence-corrected chi connectivity index (χ1v) is 8.99. The number of nitrogens with one attached hydrogen (secondary N) is 1. The Morgan fingerprint density at radius 1 is 1.21 bits per heavy atom.